The Labute approximate surface area is 99.1 Å². The summed E-state index contributed by atoms with van der Waals surface area (Å²) in [7, 11) is 0. The van der Waals surface area contributed by atoms with Crippen molar-refractivity contribution in [2.24, 2.45) is 17.8 Å². The number of hydrogen-bond acceptors (Lipinski definition) is 2. The van der Waals surface area contributed by atoms with Crippen molar-refractivity contribution in [2.75, 3.05) is 13.1 Å². The first-order valence-electron chi connectivity index (χ1n) is 7.19. The van der Waals surface area contributed by atoms with E-state index >= 15 is 0 Å². The van der Waals surface area contributed by atoms with Crippen molar-refractivity contribution < 1.29 is 4.74 Å². The van der Waals surface area contributed by atoms with E-state index in [1.807, 2.05) is 0 Å². The maximum atomic E-state index is 5.83. The van der Waals surface area contributed by atoms with E-state index in [4.69, 9.17) is 4.74 Å². The quantitative estimate of drug-likeness (QED) is 0.747. The summed E-state index contributed by atoms with van der Waals surface area (Å²) in [6.45, 7) is 4.53. The minimum atomic E-state index is 0.494. The SMILES string of the molecule is CC1CCC(CNCC(C2CC2)C2CC2)O1. The molecule has 2 heteroatoms. The van der Waals surface area contributed by atoms with Gasteiger partial charge in [-0.05, 0) is 69.7 Å². The number of hydrogen-bond donors (Lipinski definition) is 1. The molecule has 2 atom stereocenters. The van der Waals surface area contributed by atoms with Crippen molar-refractivity contribution in [3.05, 3.63) is 0 Å². The van der Waals surface area contributed by atoms with Crippen molar-refractivity contribution in [3.63, 3.8) is 0 Å². The first-order valence-corrected chi connectivity index (χ1v) is 7.19. The molecule has 0 aromatic heterocycles. The Morgan fingerprint density at radius 1 is 1.06 bits per heavy atom. The first kappa shape index (κ1) is 11.0. The van der Waals surface area contributed by atoms with Gasteiger partial charge in [-0.15, -0.1) is 0 Å². The highest BCUT2D eigenvalue weighted by molar-refractivity contribution is 4.92. The lowest BCUT2D eigenvalue weighted by Gasteiger charge is -2.18. The summed E-state index contributed by atoms with van der Waals surface area (Å²) in [6, 6.07) is 0. The highest BCUT2D eigenvalue weighted by Gasteiger charge is 2.40. The van der Waals surface area contributed by atoms with Crippen LogP contribution in [0.4, 0.5) is 0 Å². The molecule has 3 aliphatic rings. The zero-order valence-corrected chi connectivity index (χ0v) is 10.5. The van der Waals surface area contributed by atoms with E-state index < -0.39 is 0 Å². The summed E-state index contributed by atoms with van der Waals surface area (Å²) in [5, 5.41) is 3.67. The zero-order valence-electron chi connectivity index (χ0n) is 10.5. The molecule has 0 spiro atoms. The van der Waals surface area contributed by atoms with Gasteiger partial charge in [0.2, 0.25) is 0 Å². The van der Waals surface area contributed by atoms with Gasteiger partial charge in [0.05, 0.1) is 12.2 Å². The molecule has 1 aliphatic heterocycles. The van der Waals surface area contributed by atoms with Gasteiger partial charge in [0.1, 0.15) is 0 Å². The smallest absolute Gasteiger partial charge is 0.0704 e. The molecule has 1 N–H and O–H groups in total. The molecule has 0 aromatic rings. The number of rotatable bonds is 6. The molecule has 3 fully saturated rings. The van der Waals surface area contributed by atoms with Crippen molar-refractivity contribution in [3.8, 4) is 0 Å². The summed E-state index contributed by atoms with van der Waals surface area (Å²) in [5.41, 5.74) is 0. The minimum absolute atomic E-state index is 0.494. The van der Waals surface area contributed by atoms with E-state index in [0.717, 1.165) is 24.3 Å². The Kier molecular flexibility index (Phi) is 3.21. The molecule has 1 saturated heterocycles. The molecule has 2 saturated carbocycles. The number of ether oxygens (including phenoxy) is 1. The van der Waals surface area contributed by atoms with E-state index in [0.29, 0.717) is 12.2 Å². The van der Waals surface area contributed by atoms with Crippen LogP contribution in [0.5, 0.6) is 0 Å². The lowest BCUT2D eigenvalue weighted by Crippen LogP contribution is -2.32. The third-order valence-corrected chi connectivity index (χ3v) is 4.53. The summed E-state index contributed by atoms with van der Waals surface area (Å²) < 4.78 is 5.83. The van der Waals surface area contributed by atoms with E-state index in [1.165, 1.54) is 45.1 Å². The topological polar surface area (TPSA) is 21.3 Å². The maximum Gasteiger partial charge on any atom is 0.0704 e. The Bertz CT molecular complexity index is 223. The van der Waals surface area contributed by atoms with Gasteiger partial charge in [-0.25, -0.2) is 0 Å². The standard InChI is InChI=1S/C14H25NO/c1-10-2-7-13(16-10)8-15-9-14(11-3-4-11)12-5-6-12/h10-15H,2-9H2,1H3. The normalized spacial score (nSPS) is 34.9. The second kappa shape index (κ2) is 4.66. The molecule has 2 nitrogen and oxygen atoms in total. The Morgan fingerprint density at radius 3 is 2.25 bits per heavy atom. The van der Waals surface area contributed by atoms with Crippen molar-refractivity contribution >= 4 is 0 Å². The first-order chi connectivity index (χ1) is 7.83. The van der Waals surface area contributed by atoms with E-state index in [2.05, 4.69) is 12.2 Å². The molecular weight excluding hydrogens is 198 g/mol. The highest BCUT2D eigenvalue weighted by Crippen LogP contribution is 2.48. The molecule has 0 bridgehead atoms. The van der Waals surface area contributed by atoms with Gasteiger partial charge in [-0.3, -0.25) is 0 Å². The van der Waals surface area contributed by atoms with Crippen LogP contribution in [-0.4, -0.2) is 25.3 Å². The van der Waals surface area contributed by atoms with Crippen LogP contribution < -0.4 is 5.32 Å². The largest absolute Gasteiger partial charge is 0.374 e. The molecule has 0 amide bonds. The van der Waals surface area contributed by atoms with Gasteiger partial charge in [0.25, 0.3) is 0 Å². The fourth-order valence-electron chi connectivity index (χ4n) is 3.21. The summed E-state index contributed by atoms with van der Waals surface area (Å²) in [6.07, 6.45) is 9.50. The van der Waals surface area contributed by atoms with Gasteiger partial charge < -0.3 is 10.1 Å². The Balaban J connectivity index is 1.35. The van der Waals surface area contributed by atoms with Crippen LogP contribution in [0, 0.1) is 17.8 Å². The average molecular weight is 223 g/mol. The van der Waals surface area contributed by atoms with Crippen molar-refractivity contribution in [1.29, 1.82) is 0 Å². The molecule has 0 aromatic carbocycles. The predicted octanol–water partition coefficient (Wildman–Crippen LogP) is 2.58. The summed E-state index contributed by atoms with van der Waals surface area (Å²) in [5.74, 6) is 3.14. The monoisotopic (exact) mass is 223 g/mol. The van der Waals surface area contributed by atoms with E-state index in [9.17, 15) is 0 Å². The molecule has 0 radical (unpaired) electrons. The fraction of sp³-hybridized carbons (Fsp3) is 1.00. The lowest BCUT2D eigenvalue weighted by molar-refractivity contribution is 0.0552. The molecule has 2 unspecified atom stereocenters. The second-order valence-electron chi connectivity index (χ2n) is 6.14. The van der Waals surface area contributed by atoms with Crippen LogP contribution in [0.3, 0.4) is 0 Å². The average Bonchev–Trinajstić information content (AvgIpc) is 3.15. The van der Waals surface area contributed by atoms with Crippen LogP contribution in [0.2, 0.25) is 0 Å². The molecule has 2 aliphatic carbocycles. The second-order valence-corrected chi connectivity index (χ2v) is 6.14. The third-order valence-electron chi connectivity index (χ3n) is 4.53. The molecule has 3 rings (SSSR count). The Morgan fingerprint density at radius 2 is 1.75 bits per heavy atom. The van der Waals surface area contributed by atoms with Crippen LogP contribution >= 0.6 is 0 Å². The van der Waals surface area contributed by atoms with Gasteiger partial charge in [0, 0.05) is 6.54 Å². The summed E-state index contributed by atoms with van der Waals surface area (Å²) in [4.78, 5) is 0. The molecule has 1 heterocycles. The minimum Gasteiger partial charge on any atom is -0.374 e. The maximum absolute atomic E-state index is 5.83. The molecule has 16 heavy (non-hydrogen) atoms. The van der Waals surface area contributed by atoms with Crippen molar-refractivity contribution in [1.82, 2.24) is 5.32 Å². The van der Waals surface area contributed by atoms with Gasteiger partial charge in [-0.2, -0.15) is 0 Å². The third kappa shape index (κ3) is 2.78. The predicted molar refractivity (Wildman–Crippen MR) is 65.4 cm³/mol. The van der Waals surface area contributed by atoms with Gasteiger partial charge in [0.15, 0.2) is 0 Å². The van der Waals surface area contributed by atoms with Crippen LogP contribution in [-0.2, 0) is 4.74 Å². The number of nitrogens with one attached hydrogen (secondary N) is 1. The van der Waals surface area contributed by atoms with Crippen LogP contribution in [0.1, 0.15) is 45.4 Å². The Hall–Kier alpha value is -0.0800. The molecule has 92 valence electrons. The molecular formula is C14H25NO. The lowest BCUT2D eigenvalue weighted by atomic mass is 9.98. The van der Waals surface area contributed by atoms with Crippen LogP contribution in [0.15, 0.2) is 0 Å². The van der Waals surface area contributed by atoms with Gasteiger partial charge in [-0.1, -0.05) is 0 Å². The van der Waals surface area contributed by atoms with Gasteiger partial charge >= 0.3 is 0 Å². The van der Waals surface area contributed by atoms with Crippen molar-refractivity contribution in [2.45, 2.75) is 57.7 Å². The fourth-order valence-corrected chi connectivity index (χ4v) is 3.21. The van der Waals surface area contributed by atoms with E-state index in [-0.39, 0.29) is 0 Å². The van der Waals surface area contributed by atoms with Crippen LogP contribution in [0.25, 0.3) is 0 Å². The van der Waals surface area contributed by atoms with E-state index in [1.54, 1.807) is 0 Å². The zero-order chi connectivity index (χ0) is 11.0. The highest BCUT2D eigenvalue weighted by atomic mass is 16.5. The summed E-state index contributed by atoms with van der Waals surface area (Å²) >= 11 is 0.